The lowest BCUT2D eigenvalue weighted by Gasteiger charge is -2.07. The fourth-order valence-corrected chi connectivity index (χ4v) is 4.35. The first-order valence-electron chi connectivity index (χ1n) is 13.0. The quantitative estimate of drug-likeness (QED) is 0.184. The highest BCUT2D eigenvalue weighted by Crippen LogP contribution is 2.28. The minimum absolute atomic E-state index is 0.0687. The van der Waals surface area contributed by atoms with Crippen LogP contribution in [0.4, 0.5) is 0 Å². The van der Waals surface area contributed by atoms with Gasteiger partial charge >= 0.3 is 11.9 Å². The molecule has 2 aromatic carbocycles. The Morgan fingerprint density at radius 3 is 2.28 bits per heavy atom. The summed E-state index contributed by atoms with van der Waals surface area (Å²) in [5.74, 6) is -0.220. The van der Waals surface area contributed by atoms with Gasteiger partial charge in [0.05, 0.1) is 30.6 Å². The van der Waals surface area contributed by atoms with E-state index in [2.05, 4.69) is 4.98 Å². The Kier molecular flexibility index (Phi) is 9.72. The van der Waals surface area contributed by atoms with Gasteiger partial charge in [-0.2, -0.15) is 0 Å². The number of ether oxygens (including phenoxy) is 2. The zero-order valence-corrected chi connectivity index (χ0v) is 21.7. The topological polar surface area (TPSA) is 111 Å². The number of rotatable bonds is 15. The SMILES string of the molecule is O=C(O)CCCc1cn(CC(=O)O)c2c(/C=C/c3ccc(OCCCCOc4ccccc4)cn3)cccc12. The molecule has 4 rings (SSSR count). The number of carboxylic acids is 2. The molecule has 8 nitrogen and oxygen atoms in total. The van der Waals surface area contributed by atoms with Crippen molar-refractivity contribution < 1.29 is 29.3 Å². The van der Waals surface area contributed by atoms with E-state index in [1.807, 2.05) is 79.0 Å². The highest BCUT2D eigenvalue weighted by atomic mass is 16.5. The van der Waals surface area contributed by atoms with E-state index in [-0.39, 0.29) is 13.0 Å². The molecule has 0 saturated heterocycles. The number of hydrogen-bond donors (Lipinski definition) is 2. The zero-order valence-electron chi connectivity index (χ0n) is 21.7. The number of aryl methyl sites for hydroxylation is 1. The molecule has 2 N–H and O–H groups in total. The number of nitrogens with zero attached hydrogens (tertiary/aromatic N) is 2. The van der Waals surface area contributed by atoms with Gasteiger partial charge in [-0.15, -0.1) is 0 Å². The van der Waals surface area contributed by atoms with Crippen LogP contribution in [0.25, 0.3) is 23.1 Å². The summed E-state index contributed by atoms with van der Waals surface area (Å²) in [6.45, 7) is 1.04. The Morgan fingerprint density at radius 2 is 1.59 bits per heavy atom. The van der Waals surface area contributed by atoms with Crippen LogP contribution < -0.4 is 9.47 Å². The standard InChI is InChI=1S/C31H32N2O6/c34-29(35)13-7-9-24-21-33(22-30(36)37)31-23(8-6-12-28(24)31)14-15-25-16-17-27(20-32-25)39-19-5-4-18-38-26-10-2-1-3-11-26/h1-3,6,8,10-12,14-17,20-21H,4-5,7,9,13,18-19,22H2,(H,34,35)(H,36,37)/b15-14+. The normalized spacial score (nSPS) is 11.2. The van der Waals surface area contributed by atoms with Crippen molar-refractivity contribution in [3.05, 3.63) is 89.9 Å². The fraction of sp³-hybridized carbons (Fsp3) is 0.258. The second-order valence-corrected chi connectivity index (χ2v) is 9.14. The van der Waals surface area contributed by atoms with Gasteiger partial charge in [0, 0.05) is 18.0 Å². The van der Waals surface area contributed by atoms with Crippen LogP contribution in [-0.2, 0) is 22.6 Å². The third kappa shape index (κ3) is 8.20. The van der Waals surface area contributed by atoms with Crippen LogP contribution >= 0.6 is 0 Å². The van der Waals surface area contributed by atoms with E-state index in [1.165, 1.54) is 0 Å². The van der Waals surface area contributed by atoms with Gasteiger partial charge < -0.3 is 24.3 Å². The number of fused-ring (bicyclic) bond motifs is 1. The van der Waals surface area contributed by atoms with E-state index in [9.17, 15) is 14.7 Å². The first kappa shape index (κ1) is 27.4. The van der Waals surface area contributed by atoms with Crippen LogP contribution in [0.15, 0.2) is 73.1 Å². The molecule has 0 aliphatic rings. The highest BCUT2D eigenvalue weighted by molar-refractivity contribution is 5.93. The van der Waals surface area contributed by atoms with Gasteiger partial charge in [-0.1, -0.05) is 42.5 Å². The summed E-state index contributed by atoms with van der Waals surface area (Å²) < 4.78 is 13.2. The number of carbonyl (C=O) groups is 2. The first-order chi connectivity index (χ1) is 19.0. The van der Waals surface area contributed by atoms with Crippen LogP contribution in [-0.4, -0.2) is 44.9 Å². The summed E-state index contributed by atoms with van der Waals surface area (Å²) >= 11 is 0. The Hall–Kier alpha value is -4.59. The fourth-order valence-electron chi connectivity index (χ4n) is 4.35. The van der Waals surface area contributed by atoms with E-state index < -0.39 is 11.9 Å². The summed E-state index contributed by atoms with van der Waals surface area (Å²) in [6.07, 6.45) is 10.2. The number of para-hydroxylation sites is 2. The second kappa shape index (κ2) is 13.8. The number of hydrogen-bond acceptors (Lipinski definition) is 5. The van der Waals surface area contributed by atoms with Crippen molar-refractivity contribution in [2.75, 3.05) is 13.2 Å². The molecule has 0 bridgehead atoms. The molecule has 0 aliphatic heterocycles. The molecule has 0 radical (unpaired) electrons. The van der Waals surface area contributed by atoms with Gasteiger partial charge in [0.25, 0.3) is 0 Å². The molecule has 0 amide bonds. The predicted octanol–water partition coefficient (Wildman–Crippen LogP) is 5.94. The molecular weight excluding hydrogens is 496 g/mol. The van der Waals surface area contributed by atoms with Gasteiger partial charge in [-0.25, -0.2) is 0 Å². The van der Waals surface area contributed by atoms with Crippen LogP contribution in [0.3, 0.4) is 0 Å². The molecular formula is C31H32N2O6. The maximum Gasteiger partial charge on any atom is 0.323 e. The summed E-state index contributed by atoms with van der Waals surface area (Å²) in [5.41, 5.74) is 3.35. The van der Waals surface area contributed by atoms with E-state index in [0.717, 1.165) is 46.3 Å². The summed E-state index contributed by atoms with van der Waals surface area (Å²) in [4.78, 5) is 26.9. The first-order valence-corrected chi connectivity index (χ1v) is 13.0. The minimum Gasteiger partial charge on any atom is -0.494 e. The number of carboxylic acid groups (broad SMARTS) is 2. The second-order valence-electron chi connectivity index (χ2n) is 9.14. The molecule has 2 aromatic heterocycles. The Labute approximate surface area is 227 Å². The van der Waals surface area contributed by atoms with E-state index in [0.29, 0.717) is 31.8 Å². The molecule has 0 spiro atoms. The van der Waals surface area contributed by atoms with E-state index >= 15 is 0 Å². The van der Waals surface area contributed by atoms with E-state index in [4.69, 9.17) is 14.6 Å². The Bertz CT molecular complexity index is 1410. The van der Waals surface area contributed by atoms with Crippen molar-refractivity contribution in [1.82, 2.24) is 9.55 Å². The number of pyridine rings is 1. The van der Waals surface area contributed by atoms with Crippen molar-refractivity contribution in [3.8, 4) is 11.5 Å². The third-order valence-corrected chi connectivity index (χ3v) is 6.17. The molecule has 4 aromatic rings. The molecule has 0 unspecified atom stereocenters. The van der Waals surface area contributed by atoms with Crippen molar-refractivity contribution >= 4 is 35.0 Å². The van der Waals surface area contributed by atoms with Gasteiger partial charge in [-0.3, -0.25) is 14.6 Å². The monoisotopic (exact) mass is 528 g/mol. The largest absolute Gasteiger partial charge is 0.494 e. The minimum atomic E-state index is -0.941. The number of benzene rings is 2. The molecule has 2 heterocycles. The number of unbranched alkanes of at least 4 members (excludes halogenated alkanes) is 1. The van der Waals surface area contributed by atoms with E-state index in [1.54, 1.807) is 10.8 Å². The van der Waals surface area contributed by atoms with Crippen molar-refractivity contribution in [2.24, 2.45) is 0 Å². The average Bonchev–Trinajstić information content (AvgIpc) is 3.27. The number of aromatic nitrogens is 2. The third-order valence-electron chi connectivity index (χ3n) is 6.17. The molecule has 0 aliphatic carbocycles. The maximum absolute atomic E-state index is 11.5. The van der Waals surface area contributed by atoms with Gasteiger partial charge in [0.2, 0.25) is 0 Å². The molecule has 8 heteroatoms. The van der Waals surface area contributed by atoms with Gasteiger partial charge in [-0.05, 0) is 67.2 Å². The predicted molar refractivity (Wildman–Crippen MR) is 150 cm³/mol. The molecule has 0 saturated carbocycles. The van der Waals surface area contributed by atoms with Crippen LogP contribution in [0, 0.1) is 0 Å². The lowest BCUT2D eigenvalue weighted by Crippen LogP contribution is -2.07. The Balaban J connectivity index is 1.36. The molecule has 202 valence electrons. The summed E-state index contributed by atoms with van der Waals surface area (Å²) in [5, 5.41) is 19.3. The van der Waals surface area contributed by atoms with Crippen LogP contribution in [0.2, 0.25) is 0 Å². The highest BCUT2D eigenvalue weighted by Gasteiger charge is 2.13. The molecule has 39 heavy (non-hydrogen) atoms. The lowest BCUT2D eigenvalue weighted by atomic mass is 10.0. The lowest BCUT2D eigenvalue weighted by molar-refractivity contribution is -0.138. The Morgan fingerprint density at radius 1 is 0.821 bits per heavy atom. The summed E-state index contributed by atoms with van der Waals surface area (Å²) in [6, 6.07) is 19.3. The summed E-state index contributed by atoms with van der Waals surface area (Å²) in [7, 11) is 0. The van der Waals surface area contributed by atoms with Crippen molar-refractivity contribution in [2.45, 2.75) is 38.6 Å². The smallest absolute Gasteiger partial charge is 0.323 e. The van der Waals surface area contributed by atoms with Gasteiger partial charge in [0.1, 0.15) is 18.0 Å². The molecule has 0 fully saturated rings. The van der Waals surface area contributed by atoms with Crippen LogP contribution in [0.5, 0.6) is 11.5 Å². The van der Waals surface area contributed by atoms with Crippen molar-refractivity contribution in [3.63, 3.8) is 0 Å². The average molecular weight is 529 g/mol. The maximum atomic E-state index is 11.5. The van der Waals surface area contributed by atoms with Gasteiger partial charge in [0.15, 0.2) is 0 Å². The zero-order chi connectivity index (χ0) is 27.5. The number of aliphatic carboxylic acids is 2. The van der Waals surface area contributed by atoms with Crippen LogP contribution in [0.1, 0.15) is 42.5 Å². The van der Waals surface area contributed by atoms with Crippen molar-refractivity contribution in [1.29, 1.82) is 0 Å². The molecule has 0 atom stereocenters.